The molecular formula is C10H11ClN6O. The quantitative estimate of drug-likeness (QED) is 0.845. The number of amides is 1. The van der Waals surface area contributed by atoms with Crippen LogP contribution in [0.15, 0.2) is 12.1 Å². The highest BCUT2D eigenvalue weighted by Crippen LogP contribution is 2.16. The SMILES string of the molecule is Cc1nn(C)c(C(=O)Nc2ccc(Cl)nn2)c1N. The zero-order valence-corrected chi connectivity index (χ0v) is 10.6. The Labute approximate surface area is 108 Å². The summed E-state index contributed by atoms with van der Waals surface area (Å²) in [4.78, 5) is 12.0. The van der Waals surface area contributed by atoms with Gasteiger partial charge in [0.15, 0.2) is 11.0 Å². The number of nitrogen functional groups attached to an aromatic ring is 1. The van der Waals surface area contributed by atoms with Gasteiger partial charge in [-0.3, -0.25) is 9.48 Å². The van der Waals surface area contributed by atoms with E-state index in [9.17, 15) is 4.79 Å². The molecule has 7 nitrogen and oxygen atoms in total. The van der Waals surface area contributed by atoms with Gasteiger partial charge in [0.1, 0.15) is 5.69 Å². The lowest BCUT2D eigenvalue weighted by molar-refractivity contribution is 0.101. The average molecular weight is 267 g/mol. The minimum absolute atomic E-state index is 0.254. The summed E-state index contributed by atoms with van der Waals surface area (Å²) < 4.78 is 1.42. The molecule has 0 unspecified atom stereocenters. The van der Waals surface area contributed by atoms with E-state index >= 15 is 0 Å². The van der Waals surface area contributed by atoms with E-state index < -0.39 is 5.91 Å². The molecule has 0 bridgehead atoms. The number of aryl methyl sites for hydroxylation is 2. The van der Waals surface area contributed by atoms with Crippen LogP contribution < -0.4 is 11.1 Å². The Morgan fingerprint density at radius 2 is 2.17 bits per heavy atom. The Morgan fingerprint density at radius 1 is 1.44 bits per heavy atom. The molecule has 3 N–H and O–H groups in total. The first-order chi connectivity index (χ1) is 8.49. The van der Waals surface area contributed by atoms with Gasteiger partial charge in [0.05, 0.1) is 11.4 Å². The summed E-state index contributed by atoms with van der Waals surface area (Å²) in [5.41, 5.74) is 7.01. The van der Waals surface area contributed by atoms with E-state index in [1.54, 1.807) is 20.0 Å². The van der Waals surface area contributed by atoms with Gasteiger partial charge < -0.3 is 11.1 Å². The standard InChI is InChI=1S/C10H11ClN6O/c1-5-8(12)9(17(2)16-5)10(18)13-7-4-3-6(11)14-15-7/h3-4H,12H2,1-2H3,(H,13,15,18). The molecule has 2 rings (SSSR count). The number of aromatic nitrogens is 4. The van der Waals surface area contributed by atoms with Gasteiger partial charge in [-0.05, 0) is 19.1 Å². The molecule has 0 saturated heterocycles. The van der Waals surface area contributed by atoms with Crippen LogP contribution in [0.2, 0.25) is 5.15 Å². The van der Waals surface area contributed by atoms with Crippen LogP contribution in [0.4, 0.5) is 11.5 Å². The fourth-order valence-electron chi connectivity index (χ4n) is 1.50. The Bertz CT molecular complexity index is 591. The largest absolute Gasteiger partial charge is 0.395 e. The number of rotatable bonds is 2. The first kappa shape index (κ1) is 12.3. The molecule has 2 aromatic heterocycles. The molecule has 0 aliphatic heterocycles. The van der Waals surface area contributed by atoms with Crippen LogP contribution in [0.5, 0.6) is 0 Å². The molecule has 8 heteroatoms. The molecule has 0 spiro atoms. The third-order valence-corrected chi connectivity index (χ3v) is 2.56. The monoisotopic (exact) mass is 266 g/mol. The zero-order chi connectivity index (χ0) is 13.3. The van der Waals surface area contributed by atoms with Crippen LogP contribution in [0.3, 0.4) is 0 Å². The molecule has 18 heavy (non-hydrogen) atoms. The van der Waals surface area contributed by atoms with Crippen molar-refractivity contribution in [1.82, 2.24) is 20.0 Å². The third-order valence-electron chi connectivity index (χ3n) is 2.36. The molecule has 0 aromatic carbocycles. The summed E-state index contributed by atoms with van der Waals surface area (Å²) in [6.45, 7) is 1.73. The molecular weight excluding hydrogens is 256 g/mol. The lowest BCUT2D eigenvalue weighted by Crippen LogP contribution is -2.18. The van der Waals surface area contributed by atoms with E-state index in [-0.39, 0.29) is 10.8 Å². The van der Waals surface area contributed by atoms with Crippen molar-refractivity contribution in [3.05, 3.63) is 28.7 Å². The lowest BCUT2D eigenvalue weighted by Gasteiger charge is -2.04. The van der Waals surface area contributed by atoms with E-state index in [1.807, 2.05) is 0 Å². The van der Waals surface area contributed by atoms with Crippen molar-refractivity contribution in [2.75, 3.05) is 11.1 Å². The van der Waals surface area contributed by atoms with Crippen molar-refractivity contribution in [2.45, 2.75) is 6.92 Å². The van der Waals surface area contributed by atoms with E-state index in [0.29, 0.717) is 17.2 Å². The highest BCUT2D eigenvalue weighted by atomic mass is 35.5. The van der Waals surface area contributed by atoms with Crippen LogP contribution in [-0.2, 0) is 7.05 Å². The van der Waals surface area contributed by atoms with Gasteiger partial charge in [-0.1, -0.05) is 11.6 Å². The minimum Gasteiger partial charge on any atom is -0.395 e. The first-order valence-electron chi connectivity index (χ1n) is 5.08. The molecule has 2 heterocycles. The predicted octanol–water partition coefficient (Wildman–Crippen LogP) is 1.01. The molecule has 0 atom stereocenters. The number of hydrogen-bond donors (Lipinski definition) is 2. The van der Waals surface area contributed by atoms with Gasteiger partial charge in [-0.25, -0.2) is 0 Å². The van der Waals surface area contributed by atoms with Crippen LogP contribution in [0.1, 0.15) is 16.2 Å². The number of nitrogens with two attached hydrogens (primary N) is 1. The van der Waals surface area contributed by atoms with E-state index in [2.05, 4.69) is 20.6 Å². The van der Waals surface area contributed by atoms with Crippen molar-refractivity contribution < 1.29 is 4.79 Å². The molecule has 0 aliphatic rings. The molecule has 94 valence electrons. The third kappa shape index (κ3) is 2.25. The van der Waals surface area contributed by atoms with Crippen molar-refractivity contribution in [2.24, 2.45) is 7.05 Å². The molecule has 0 radical (unpaired) electrons. The topological polar surface area (TPSA) is 98.7 Å². The van der Waals surface area contributed by atoms with Crippen LogP contribution in [0, 0.1) is 6.92 Å². The maximum Gasteiger partial charge on any atom is 0.277 e. The predicted molar refractivity (Wildman–Crippen MR) is 67.4 cm³/mol. The number of carbonyl (C=O) groups excluding carboxylic acids is 1. The van der Waals surface area contributed by atoms with Gasteiger partial charge >= 0.3 is 0 Å². The molecule has 0 aliphatic carbocycles. The summed E-state index contributed by atoms with van der Waals surface area (Å²) in [5.74, 6) is -0.102. The number of halogens is 1. The van der Waals surface area contributed by atoms with Crippen molar-refractivity contribution in [3.63, 3.8) is 0 Å². The Hall–Kier alpha value is -2.15. The van der Waals surface area contributed by atoms with E-state index in [0.717, 1.165) is 0 Å². The molecule has 0 saturated carbocycles. The molecule has 0 fully saturated rings. The summed E-state index contributed by atoms with van der Waals surface area (Å²) in [7, 11) is 1.64. The summed E-state index contributed by atoms with van der Waals surface area (Å²) in [6, 6.07) is 3.08. The van der Waals surface area contributed by atoms with Gasteiger partial charge in [0.2, 0.25) is 0 Å². The fraction of sp³-hybridized carbons (Fsp3) is 0.200. The Morgan fingerprint density at radius 3 is 2.67 bits per heavy atom. The zero-order valence-electron chi connectivity index (χ0n) is 9.81. The van der Waals surface area contributed by atoms with E-state index in [4.69, 9.17) is 17.3 Å². The maximum atomic E-state index is 12.0. The highest BCUT2D eigenvalue weighted by Gasteiger charge is 2.18. The van der Waals surface area contributed by atoms with Gasteiger partial charge in [0.25, 0.3) is 5.91 Å². The smallest absolute Gasteiger partial charge is 0.277 e. The second kappa shape index (κ2) is 4.61. The number of carbonyl (C=O) groups is 1. The molecule has 2 aromatic rings. The van der Waals surface area contributed by atoms with Crippen LogP contribution >= 0.6 is 11.6 Å². The number of hydrogen-bond acceptors (Lipinski definition) is 5. The Kier molecular flexibility index (Phi) is 3.15. The average Bonchev–Trinajstić information content (AvgIpc) is 2.56. The number of anilines is 2. The van der Waals surface area contributed by atoms with E-state index in [1.165, 1.54) is 10.7 Å². The summed E-state index contributed by atoms with van der Waals surface area (Å²) >= 11 is 5.60. The van der Waals surface area contributed by atoms with Crippen LogP contribution in [0.25, 0.3) is 0 Å². The maximum absolute atomic E-state index is 12.0. The van der Waals surface area contributed by atoms with Gasteiger partial charge in [-0.2, -0.15) is 5.10 Å². The number of nitrogens with zero attached hydrogens (tertiary/aromatic N) is 4. The van der Waals surface area contributed by atoms with Crippen LogP contribution in [-0.4, -0.2) is 25.9 Å². The fourth-order valence-corrected chi connectivity index (χ4v) is 1.60. The summed E-state index contributed by atoms with van der Waals surface area (Å²) in [5, 5.41) is 14.2. The normalized spacial score (nSPS) is 10.4. The first-order valence-corrected chi connectivity index (χ1v) is 5.46. The van der Waals surface area contributed by atoms with Gasteiger partial charge in [0, 0.05) is 7.05 Å². The van der Waals surface area contributed by atoms with Crippen molar-refractivity contribution in [3.8, 4) is 0 Å². The minimum atomic E-state index is -0.396. The van der Waals surface area contributed by atoms with Gasteiger partial charge in [-0.15, -0.1) is 10.2 Å². The lowest BCUT2D eigenvalue weighted by atomic mass is 10.3. The number of nitrogens with one attached hydrogen (secondary N) is 1. The summed E-state index contributed by atoms with van der Waals surface area (Å²) in [6.07, 6.45) is 0. The highest BCUT2D eigenvalue weighted by molar-refractivity contribution is 6.29. The van der Waals surface area contributed by atoms with Crippen molar-refractivity contribution >= 4 is 29.0 Å². The second-order valence-corrected chi connectivity index (χ2v) is 4.05. The van der Waals surface area contributed by atoms with Crippen molar-refractivity contribution in [1.29, 1.82) is 0 Å². The second-order valence-electron chi connectivity index (χ2n) is 3.67. The molecule has 1 amide bonds. The Balaban J connectivity index is 2.24.